The van der Waals surface area contributed by atoms with Crippen molar-refractivity contribution in [3.8, 4) is 0 Å². The molecule has 422 valence electrons. The van der Waals surface area contributed by atoms with Crippen molar-refractivity contribution in [2.45, 2.75) is 322 Å². The minimum atomic E-state index is -0.778. The number of carbonyl (C=O) groups excluding carboxylic acids is 3. The van der Waals surface area contributed by atoms with E-state index in [0.717, 1.165) is 89.9 Å². The standard InChI is InChI=1S/C67H118O6/c1-4-7-10-13-16-19-22-25-27-29-31-32-33-34-36-37-39-42-45-48-51-54-57-60-66(69)72-63-64(62-71-65(68)59-56-53-50-47-44-41-24-21-18-15-12-9-6-3)73-67(70)61-58-55-52-49-46-43-40-38-35-30-28-26-23-20-17-14-11-8-5-2/h7,10,16-17,19-20,25-28,31-32,64H,4-6,8-9,11-15,18,21-24,29-30,33-63H2,1-3H3/b10-7-,19-16-,20-17-,27-25-,28-26-,32-31-. The number of unbranched alkanes of at least 4 members (excludes halogenated alkanes) is 34. The van der Waals surface area contributed by atoms with Gasteiger partial charge in [0.25, 0.3) is 0 Å². The molecule has 0 aromatic heterocycles. The third kappa shape index (κ3) is 59.6. The Morgan fingerprint density at radius 2 is 0.534 bits per heavy atom. The van der Waals surface area contributed by atoms with E-state index in [-0.39, 0.29) is 31.1 Å². The van der Waals surface area contributed by atoms with Crippen molar-refractivity contribution in [3.63, 3.8) is 0 Å². The van der Waals surface area contributed by atoms with Gasteiger partial charge in [0.15, 0.2) is 6.10 Å². The van der Waals surface area contributed by atoms with Crippen LogP contribution in [0.2, 0.25) is 0 Å². The van der Waals surface area contributed by atoms with Crippen LogP contribution >= 0.6 is 0 Å². The van der Waals surface area contributed by atoms with Crippen molar-refractivity contribution in [1.29, 1.82) is 0 Å². The molecule has 0 aliphatic rings. The monoisotopic (exact) mass is 1020 g/mol. The summed E-state index contributed by atoms with van der Waals surface area (Å²) in [6.07, 6.45) is 79.0. The smallest absolute Gasteiger partial charge is 0.306 e. The molecule has 1 unspecified atom stereocenters. The average molecular weight is 1020 g/mol. The molecule has 0 heterocycles. The largest absolute Gasteiger partial charge is 0.462 e. The lowest BCUT2D eigenvalue weighted by Gasteiger charge is -2.18. The van der Waals surface area contributed by atoms with E-state index in [1.807, 2.05) is 0 Å². The van der Waals surface area contributed by atoms with Crippen LogP contribution in [0.15, 0.2) is 72.9 Å². The highest BCUT2D eigenvalue weighted by Crippen LogP contribution is 2.17. The zero-order valence-corrected chi connectivity index (χ0v) is 48.4. The minimum absolute atomic E-state index is 0.0750. The summed E-state index contributed by atoms with van der Waals surface area (Å²) in [5.41, 5.74) is 0. The number of hydrogen-bond acceptors (Lipinski definition) is 6. The van der Waals surface area contributed by atoms with Gasteiger partial charge in [-0.1, -0.05) is 280 Å². The minimum Gasteiger partial charge on any atom is -0.462 e. The number of carbonyl (C=O) groups is 3. The summed E-state index contributed by atoms with van der Waals surface area (Å²) in [4.78, 5) is 38.3. The van der Waals surface area contributed by atoms with Crippen LogP contribution in [0.1, 0.15) is 316 Å². The molecule has 0 amide bonds. The predicted octanol–water partition coefficient (Wildman–Crippen LogP) is 21.3. The van der Waals surface area contributed by atoms with Gasteiger partial charge in [-0.3, -0.25) is 14.4 Å². The normalized spacial score (nSPS) is 12.5. The van der Waals surface area contributed by atoms with Crippen molar-refractivity contribution >= 4 is 17.9 Å². The number of allylic oxidation sites excluding steroid dienone is 12. The van der Waals surface area contributed by atoms with E-state index in [9.17, 15) is 14.4 Å². The number of rotatable bonds is 57. The summed E-state index contributed by atoms with van der Waals surface area (Å²) in [5.74, 6) is -0.869. The summed E-state index contributed by atoms with van der Waals surface area (Å²) in [6, 6.07) is 0. The molecular formula is C67H118O6. The first-order chi connectivity index (χ1) is 36.0. The topological polar surface area (TPSA) is 78.9 Å². The summed E-state index contributed by atoms with van der Waals surface area (Å²) >= 11 is 0. The zero-order valence-electron chi connectivity index (χ0n) is 48.4. The van der Waals surface area contributed by atoms with Crippen LogP contribution < -0.4 is 0 Å². The highest BCUT2D eigenvalue weighted by Gasteiger charge is 2.19. The fraction of sp³-hybridized carbons (Fsp3) is 0.776. The Morgan fingerprint density at radius 3 is 0.863 bits per heavy atom. The molecule has 0 radical (unpaired) electrons. The van der Waals surface area contributed by atoms with Crippen molar-refractivity contribution in [2.75, 3.05) is 13.2 Å². The van der Waals surface area contributed by atoms with Gasteiger partial charge in [-0.15, -0.1) is 0 Å². The van der Waals surface area contributed by atoms with Crippen molar-refractivity contribution in [1.82, 2.24) is 0 Å². The number of hydrogen-bond donors (Lipinski definition) is 0. The fourth-order valence-corrected chi connectivity index (χ4v) is 9.00. The maximum atomic E-state index is 12.9. The van der Waals surface area contributed by atoms with Crippen LogP contribution in [0.5, 0.6) is 0 Å². The first kappa shape index (κ1) is 69.8. The second-order valence-electron chi connectivity index (χ2n) is 20.9. The average Bonchev–Trinajstić information content (AvgIpc) is 3.39. The van der Waals surface area contributed by atoms with E-state index in [0.29, 0.717) is 19.3 Å². The Bertz CT molecular complexity index is 1360. The second-order valence-corrected chi connectivity index (χ2v) is 20.9. The van der Waals surface area contributed by atoms with Crippen LogP contribution in [0, 0.1) is 0 Å². The lowest BCUT2D eigenvalue weighted by Crippen LogP contribution is -2.30. The Kier molecular flexibility index (Phi) is 58.7. The molecular weight excluding hydrogens is 901 g/mol. The third-order valence-electron chi connectivity index (χ3n) is 13.7. The van der Waals surface area contributed by atoms with Gasteiger partial charge in [0.05, 0.1) is 0 Å². The van der Waals surface area contributed by atoms with E-state index in [2.05, 4.69) is 93.7 Å². The lowest BCUT2D eigenvalue weighted by atomic mass is 10.0. The molecule has 0 rings (SSSR count). The molecule has 73 heavy (non-hydrogen) atoms. The van der Waals surface area contributed by atoms with E-state index < -0.39 is 6.10 Å². The number of ether oxygens (including phenoxy) is 3. The Balaban J connectivity index is 4.32. The van der Waals surface area contributed by atoms with Crippen LogP contribution in [-0.4, -0.2) is 37.2 Å². The molecule has 0 aromatic carbocycles. The van der Waals surface area contributed by atoms with E-state index in [1.165, 1.54) is 186 Å². The highest BCUT2D eigenvalue weighted by atomic mass is 16.6. The van der Waals surface area contributed by atoms with Gasteiger partial charge in [0.1, 0.15) is 13.2 Å². The van der Waals surface area contributed by atoms with E-state index in [1.54, 1.807) is 0 Å². The molecule has 0 N–H and O–H groups in total. The summed E-state index contributed by atoms with van der Waals surface area (Å²) in [6.45, 7) is 6.53. The highest BCUT2D eigenvalue weighted by molar-refractivity contribution is 5.71. The molecule has 1 atom stereocenters. The lowest BCUT2D eigenvalue weighted by molar-refractivity contribution is -0.167. The second kappa shape index (κ2) is 61.4. The molecule has 0 bridgehead atoms. The molecule has 0 spiro atoms. The molecule has 6 nitrogen and oxygen atoms in total. The van der Waals surface area contributed by atoms with Crippen molar-refractivity contribution < 1.29 is 28.6 Å². The van der Waals surface area contributed by atoms with E-state index >= 15 is 0 Å². The van der Waals surface area contributed by atoms with Gasteiger partial charge in [-0.25, -0.2) is 0 Å². The number of esters is 3. The predicted molar refractivity (Wildman–Crippen MR) is 316 cm³/mol. The quantitative estimate of drug-likeness (QED) is 0.0261. The van der Waals surface area contributed by atoms with Gasteiger partial charge in [-0.2, -0.15) is 0 Å². The van der Waals surface area contributed by atoms with Gasteiger partial charge < -0.3 is 14.2 Å². The van der Waals surface area contributed by atoms with Gasteiger partial charge in [0.2, 0.25) is 0 Å². The first-order valence-electron chi connectivity index (χ1n) is 31.4. The van der Waals surface area contributed by atoms with Gasteiger partial charge in [0, 0.05) is 19.3 Å². The fourth-order valence-electron chi connectivity index (χ4n) is 9.00. The molecule has 0 aromatic rings. The van der Waals surface area contributed by atoms with E-state index in [4.69, 9.17) is 14.2 Å². The van der Waals surface area contributed by atoms with Crippen molar-refractivity contribution in [2.24, 2.45) is 0 Å². The maximum Gasteiger partial charge on any atom is 0.306 e. The van der Waals surface area contributed by atoms with Crippen molar-refractivity contribution in [3.05, 3.63) is 72.9 Å². The van der Waals surface area contributed by atoms with Gasteiger partial charge in [-0.05, 0) is 89.9 Å². The Hall–Kier alpha value is -3.15. The van der Waals surface area contributed by atoms with Crippen LogP contribution in [0.3, 0.4) is 0 Å². The molecule has 0 aliphatic heterocycles. The Labute approximate surface area is 453 Å². The molecule has 6 heteroatoms. The SMILES string of the molecule is CC/C=C\C/C=C\C/C=C\C/C=C\CCCCCCCCCCCCC(=O)OCC(COC(=O)CCCCCCCCCCCCCCC)OC(=O)CCCCCCCCCCC/C=C\C/C=C\CCCCC. The van der Waals surface area contributed by atoms with Crippen LogP contribution in [-0.2, 0) is 28.6 Å². The summed E-state index contributed by atoms with van der Waals surface area (Å²) in [7, 11) is 0. The summed E-state index contributed by atoms with van der Waals surface area (Å²) < 4.78 is 16.9. The molecule has 0 aliphatic carbocycles. The maximum absolute atomic E-state index is 12.9. The van der Waals surface area contributed by atoms with Crippen LogP contribution in [0.25, 0.3) is 0 Å². The van der Waals surface area contributed by atoms with Crippen LogP contribution in [0.4, 0.5) is 0 Å². The third-order valence-corrected chi connectivity index (χ3v) is 13.7. The summed E-state index contributed by atoms with van der Waals surface area (Å²) in [5, 5.41) is 0. The molecule has 0 fully saturated rings. The van der Waals surface area contributed by atoms with Gasteiger partial charge >= 0.3 is 17.9 Å². The molecule has 0 saturated carbocycles. The molecule has 0 saturated heterocycles. The first-order valence-corrected chi connectivity index (χ1v) is 31.4. The Morgan fingerprint density at radius 1 is 0.288 bits per heavy atom. The zero-order chi connectivity index (χ0) is 52.9.